The first-order valence-electron chi connectivity index (χ1n) is 28.3. The number of nitrogens with zero attached hydrogens (tertiary/aromatic N) is 7. The second-order valence-electron chi connectivity index (χ2n) is 22.5. The van der Waals surface area contributed by atoms with Crippen LogP contribution in [-0.2, 0) is 38.5 Å². The van der Waals surface area contributed by atoms with Crippen LogP contribution in [0.3, 0.4) is 0 Å². The normalized spacial score (nSPS) is 21.1. The molecule has 5 aromatic carbocycles. The van der Waals surface area contributed by atoms with Gasteiger partial charge in [-0.25, -0.2) is 30.2 Å². The van der Waals surface area contributed by atoms with Gasteiger partial charge in [-0.05, 0) is 70.2 Å². The summed E-state index contributed by atoms with van der Waals surface area (Å²) in [6.07, 6.45) is -1.000. The van der Waals surface area contributed by atoms with Gasteiger partial charge in [-0.3, -0.25) is 23.8 Å². The van der Waals surface area contributed by atoms with E-state index in [-0.39, 0.29) is 19.8 Å². The topological polar surface area (TPSA) is 209 Å². The molecule has 20 nitrogen and oxygen atoms in total. The van der Waals surface area contributed by atoms with E-state index in [2.05, 4.69) is 72.6 Å². The second kappa shape index (κ2) is 25.9. The van der Waals surface area contributed by atoms with Gasteiger partial charge in [0.05, 0.1) is 39.9 Å². The minimum Gasteiger partial charge on any atom is -0.497 e. The van der Waals surface area contributed by atoms with E-state index in [1.165, 1.54) is 17.1 Å². The molecule has 0 saturated carbocycles. The van der Waals surface area contributed by atoms with Crippen molar-refractivity contribution in [1.29, 1.82) is 0 Å². The number of fused-ring (bicyclic) bond motifs is 1. The van der Waals surface area contributed by atoms with Crippen molar-refractivity contribution >= 4 is 41.5 Å². The van der Waals surface area contributed by atoms with Crippen molar-refractivity contribution in [2.24, 2.45) is 10.9 Å². The molecule has 2 saturated heterocycles. The lowest BCUT2D eigenvalue weighted by molar-refractivity contribution is -0.0984. The molecule has 0 unspecified atom stereocenters. The van der Waals surface area contributed by atoms with Crippen LogP contribution < -0.4 is 36.6 Å². The van der Waals surface area contributed by atoms with Gasteiger partial charge in [0, 0.05) is 52.5 Å². The maximum absolute atomic E-state index is 13.7. The molecule has 2 aliphatic heterocycles. The number of methoxy groups -OCH3 is 4. The highest BCUT2D eigenvalue weighted by Crippen LogP contribution is 2.46. The van der Waals surface area contributed by atoms with Gasteiger partial charge in [0.1, 0.15) is 53.7 Å². The number of H-pyrrole nitrogens is 1. The van der Waals surface area contributed by atoms with Crippen LogP contribution >= 0.6 is 0 Å². The van der Waals surface area contributed by atoms with Crippen molar-refractivity contribution < 1.29 is 42.4 Å². The predicted octanol–water partition coefficient (Wildman–Crippen LogP) is 7.23. The summed E-state index contributed by atoms with van der Waals surface area (Å²) in [5.41, 5.74) is 4.84. The maximum Gasteiger partial charge on any atom is 0.330 e. The fourth-order valence-electron chi connectivity index (χ4n) is 11.8. The number of ether oxygens (including phenoxy) is 7. The lowest BCUT2D eigenvalue weighted by Crippen LogP contribution is -2.69. The van der Waals surface area contributed by atoms with E-state index < -0.39 is 79.1 Å². The number of hydroxylamine groups is 1. The predicted molar refractivity (Wildman–Crippen MR) is 325 cm³/mol. The smallest absolute Gasteiger partial charge is 0.330 e. The van der Waals surface area contributed by atoms with E-state index in [4.69, 9.17) is 57.4 Å². The van der Waals surface area contributed by atoms with Gasteiger partial charge in [0.25, 0.3) is 13.9 Å². The molecule has 8 atom stereocenters. The van der Waals surface area contributed by atoms with Gasteiger partial charge in [-0.1, -0.05) is 136 Å². The molecule has 0 spiro atoms. The van der Waals surface area contributed by atoms with Gasteiger partial charge >= 0.3 is 5.69 Å². The van der Waals surface area contributed by atoms with Crippen molar-refractivity contribution in [3.8, 4) is 11.5 Å². The van der Waals surface area contributed by atoms with E-state index in [0.29, 0.717) is 34.0 Å². The SMILES string of the molecule is COc1ccc(C(OC[C@H]2O[C@@H](n3cnc4c(/N=C(\C)N(C)C)ncnc43)[C@H](OC)[C@@H]2CNOC[C@H]2O[C@@H](n3cc(C)c(=O)[nH]c3=O)[C@H](OC)[C@@H]2O[Si](c2ccccc2)(c2ccccc2)C(C)(C)C)(c2ccccc2)c2ccc(OC)cc2)cc1. The van der Waals surface area contributed by atoms with Gasteiger partial charge in [0.15, 0.2) is 29.4 Å². The molecule has 446 valence electrons. The first-order chi connectivity index (χ1) is 41.1. The third kappa shape index (κ3) is 11.9. The second-order valence-corrected chi connectivity index (χ2v) is 26.7. The summed E-state index contributed by atoms with van der Waals surface area (Å²) in [6.45, 7) is 10.3. The molecule has 3 aromatic heterocycles. The molecule has 5 heterocycles. The van der Waals surface area contributed by atoms with Crippen molar-refractivity contribution in [1.82, 2.24) is 39.5 Å². The Morgan fingerprint density at radius 1 is 0.694 bits per heavy atom. The van der Waals surface area contributed by atoms with E-state index in [0.717, 1.165) is 32.9 Å². The Balaban J connectivity index is 1.02. The van der Waals surface area contributed by atoms with Gasteiger partial charge in [0.2, 0.25) is 0 Å². The zero-order valence-corrected chi connectivity index (χ0v) is 50.9. The standard InChI is InChI=1S/C64H75N9O11Si/c1-41-36-72(62(75)70-59(41)74)61-56(79-11)55(84-85(63(3,4)5,48-23-17-13-18-24-48)49-25-19-14-20-26-49)52(83-61)38-81-68-35-50-51(82-60(54(50)78-10)73-40-67-53-57(65-39-66-58(53)73)69-42(2)71(6)7)37-80-64(43-21-15-12-16-22-43,44-27-31-46(76-8)32-28-44)45-29-33-47(77-9)34-30-45/h12-34,36,39-40,50-52,54-56,60-61,68H,35,37-38H2,1-11H3,(H,70,74,75)/b69-42+/t50-,51-,52-,54-,55-,56-,60-,61-/m1/s1. The van der Waals surface area contributed by atoms with Crippen LogP contribution in [0.1, 0.15) is 62.4 Å². The largest absolute Gasteiger partial charge is 0.497 e. The lowest BCUT2D eigenvalue weighted by Gasteiger charge is -2.45. The molecule has 10 rings (SSSR count). The molecule has 8 aromatic rings. The first kappa shape index (κ1) is 60.4. The number of aliphatic imine (C=N–C) groups is 1. The molecule has 0 aliphatic carbocycles. The Hall–Kier alpha value is -7.70. The quantitative estimate of drug-likeness (QED) is 0.0171. The molecule has 0 amide bonds. The maximum atomic E-state index is 13.7. The number of amidine groups is 1. The monoisotopic (exact) mass is 1170 g/mol. The van der Waals surface area contributed by atoms with Crippen LogP contribution in [0.5, 0.6) is 11.5 Å². The summed E-state index contributed by atoms with van der Waals surface area (Å²) in [5, 5.41) is 1.63. The van der Waals surface area contributed by atoms with Crippen LogP contribution in [0.15, 0.2) is 173 Å². The van der Waals surface area contributed by atoms with E-state index in [9.17, 15) is 9.59 Å². The number of aromatic amines is 1. The molecule has 0 radical (unpaired) electrons. The zero-order valence-electron chi connectivity index (χ0n) is 49.9. The number of nitrogens with one attached hydrogen (secondary N) is 2. The van der Waals surface area contributed by atoms with Crippen LogP contribution in [0.2, 0.25) is 5.04 Å². The lowest BCUT2D eigenvalue weighted by atomic mass is 9.80. The molecule has 21 heteroatoms. The van der Waals surface area contributed by atoms with Crippen LogP contribution in [0.25, 0.3) is 11.2 Å². The minimum absolute atomic E-state index is 0.0412. The van der Waals surface area contributed by atoms with Gasteiger partial charge < -0.3 is 42.5 Å². The van der Waals surface area contributed by atoms with Crippen LogP contribution in [0, 0.1) is 12.8 Å². The fourth-order valence-corrected chi connectivity index (χ4v) is 16.5. The van der Waals surface area contributed by atoms with Gasteiger partial charge in [-0.15, -0.1) is 0 Å². The van der Waals surface area contributed by atoms with Crippen LogP contribution in [-0.4, -0.2) is 141 Å². The summed E-state index contributed by atoms with van der Waals surface area (Å²) in [5.74, 6) is 2.05. The summed E-state index contributed by atoms with van der Waals surface area (Å²) in [7, 11) is 7.01. The van der Waals surface area contributed by atoms with Gasteiger partial charge in [-0.2, -0.15) is 0 Å². The summed E-state index contributed by atoms with van der Waals surface area (Å²) >= 11 is 0. The third-order valence-corrected chi connectivity index (χ3v) is 21.3. The Bertz CT molecular complexity index is 3570. The van der Waals surface area contributed by atoms with E-state index in [1.807, 2.05) is 134 Å². The van der Waals surface area contributed by atoms with Crippen LogP contribution in [0.4, 0.5) is 5.82 Å². The number of hydrogen-bond donors (Lipinski definition) is 2. The van der Waals surface area contributed by atoms with Crippen molar-refractivity contribution in [2.75, 3.05) is 62.3 Å². The fraction of sp³-hybridized carbons (Fsp3) is 0.375. The highest BCUT2D eigenvalue weighted by atomic mass is 28.4. The average molecular weight is 1170 g/mol. The molecule has 2 aliphatic rings. The molecule has 0 bridgehead atoms. The Kier molecular flexibility index (Phi) is 18.4. The summed E-state index contributed by atoms with van der Waals surface area (Å²) in [6, 6.07) is 46.3. The summed E-state index contributed by atoms with van der Waals surface area (Å²) in [4.78, 5) is 56.3. The Labute approximate surface area is 495 Å². The number of rotatable bonds is 22. The molecule has 85 heavy (non-hydrogen) atoms. The van der Waals surface area contributed by atoms with E-state index >= 15 is 0 Å². The highest BCUT2D eigenvalue weighted by Gasteiger charge is 2.57. The molecular formula is C64H75N9O11Si. The number of aryl methyl sites for hydroxylation is 1. The summed E-state index contributed by atoms with van der Waals surface area (Å²) < 4.78 is 56.8. The van der Waals surface area contributed by atoms with Crippen molar-refractivity contribution in [3.05, 3.63) is 201 Å². The average Bonchev–Trinajstić information content (AvgIpc) is 1.98. The number of hydrogen-bond acceptors (Lipinski definition) is 16. The van der Waals surface area contributed by atoms with Crippen molar-refractivity contribution in [3.63, 3.8) is 0 Å². The van der Waals surface area contributed by atoms with E-state index in [1.54, 1.807) is 41.7 Å². The van der Waals surface area contributed by atoms with Crippen molar-refractivity contribution in [2.45, 2.75) is 88.2 Å². The highest BCUT2D eigenvalue weighted by molar-refractivity contribution is 6.99. The molecule has 2 N–H and O–H groups in total. The zero-order chi connectivity index (χ0) is 60.0. The molecular weight excluding hydrogens is 1100 g/mol. The number of benzene rings is 5. The Morgan fingerprint density at radius 2 is 1.25 bits per heavy atom. The first-order valence-corrected chi connectivity index (χ1v) is 30.2. The minimum atomic E-state index is -3.32. The molecule has 2 fully saturated rings. The number of imidazole rings is 1. The Morgan fingerprint density at radius 3 is 1.80 bits per heavy atom. The number of aromatic nitrogens is 6. The third-order valence-electron chi connectivity index (χ3n) is 16.3.